The van der Waals surface area contributed by atoms with Gasteiger partial charge in [-0.3, -0.25) is 4.90 Å². The lowest BCUT2D eigenvalue weighted by Crippen LogP contribution is -2.39. The average molecular weight is 279 g/mol. The van der Waals surface area contributed by atoms with Gasteiger partial charge >= 0.3 is 5.97 Å². The molecular weight excluding hydrogens is 258 g/mol. The van der Waals surface area contributed by atoms with Crippen molar-refractivity contribution in [1.82, 2.24) is 9.88 Å². The highest BCUT2D eigenvalue weighted by Gasteiger charge is 2.16. The molecule has 0 radical (unpaired) electrons. The molecule has 2 N–H and O–H groups in total. The first-order chi connectivity index (χ1) is 9.58. The fourth-order valence-electron chi connectivity index (χ4n) is 2.39. The van der Waals surface area contributed by atoms with Crippen LogP contribution in [0.4, 0.5) is 5.82 Å². The number of carboxylic acid groups (broad SMARTS) is 1. The summed E-state index contributed by atoms with van der Waals surface area (Å²) in [4.78, 5) is 17.9. The molecule has 110 valence electrons. The van der Waals surface area contributed by atoms with Crippen molar-refractivity contribution in [2.75, 3.05) is 44.7 Å². The van der Waals surface area contributed by atoms with Gasteiger partial charge in [-0.1, -0.05) is 0 Å². The van der Waals surface area contributed by atoms with Crippen molar-refractivity contribution >= 4 is 11.8 Å². The van der Waals surface area contributed by atoms with Gasteiger partial charge in [0.05, 0.1) is 13.2 Å². The summed E-state index contributed by atoms with van der Waals surface area (Å²) in [6.45, 7) is 8.58. The molecule has 0 atom stereocenters. The van der Waals surface area contributed by atoms with Gasteiger partial charge in [0.25, 0.3) is 0 Å². The van der Waals surface area contributed by atoms with E-state index in [2.05, 4.69) is 15.2 Å². The molecule has 0 saturated carbocycles. The third kappa shape index (κ3) is 3.68. The van der Waals surface area contributed by atoms with E-state index in [4.69, 9.17) is 4.74 Å². The molecule has 1 fully saturated rings. The molecule has 2 rings (SSSR count). The number of pyridine rings is 1. The number of morpholine rings is 1. The van der Waals surface area contributed by atoms with E-state index in [-0.39, 0.29) is 5.56 Å². The van der Waals surface area contributed by atoms with E-state index in [1.54, 1.807) is 13.0 Å². The zero-order valence-corrected chi connectivity index (χ0v) is 12.0. The molecule has 0 amide bonds. The zero-order valence-electron chi connectivity index (χ0n) is 12.0. The van der Waals surface area contributed by atoms with Crippen LogP contribution in [-0.4, -0.2) is 60.4 Å². The minimum absolute atomic E-state index is 0.262. The number of hydrogen-bond donors (Lipinski definition) is 2. The predicted octanol–water partition coefficient (Wildman–Crippen LogP) is 1.14. The number of rotatable bonds is 5. The fourth-order valence-corrected chi connectivity index (χ4v) is 2.39. The van der Waals surface area contributed by atoms with Gasteiger partial charge in [0, 0.05) is 31.9 Å². The van der Waals surface area contributed by atoms with E-state index in [9.17, 15) is 9.90 Å². The van der Waals surface area contributed by atoms with Crippen molar-refractivity contribution in [2.45, 2.75) is 13.8 Å². The van der Waals surface area contributed by atoms with Crippen molar-refractivity contribution < 1.29 is 14.6 Å². The standard InChI is InChI=1S/C14H21N3O3/c1-10-9-11(2)16-13(12(10)14(18)19)15-3-4-17-5-7-20-8-6-17/h9H,3-8H2,1-2H3,(H,15,16)(H,18,19). The van der Waals surface area contributed by atoms with Gasteiger partial charge in [-0.2, -0.15) is 0 Å². The highest BCUT2D eigenvalue weighted by atomic mass is 16.5. The van der Waals surface area contributed by atoms with E-state index in [0.717, 1.165) is 44.1 Å². The maximum Gasteiger partial charge on any atom is 0.339 e. The zero-order chi connectivity index (χ0) is 14.5. The van der Waals surface area contributed by atoms with Gasteiger partial charge < -0.3 is 15.2 Å². The molecule has 1 aliphatic heterocycles. The maximum atomic E-state index is 11.3. The van der Waals surface area contributed by atoms with Crippen molar-refractivity contribution in [3.05, 3.63) is 22.9 Å². The minimum atomic E-state index is -0.941. The second-order valence-corrected chi connectivity index (χ2v) is 4.99. The Morgan fingerprint density at radius 2 is 2.15 bits per heavy atom. The summed E-state index contributed by atoms with van der Waals surface area (Å²) < 4.78 is 5.29. The lowest BCUT2D eigenvalue weighted by molar-refractivity contribution is 0.0398. The highest BCUT2D eigenvalue weighted by molar-refractivity contribution is 5.94. The molecule has 20 heavy (non-hydrogen) atoms. The van der Waals surface area contributed by atoms with Gasteiger partial charge in [-0.15, -0.1) is 0 Å². The third-order valence-corrected chi connectivity index (χ3v) is 3.38. The van der Waals surface area contributed by atoms with Gasteiger partial charge in [-0.05, 0) is 25.5 Å². The maximum absolute atomic E-state index is 11.3. The number of ether oxygens (including phenoxy) is 1. The largest absolute Gasteiger partial charge is 0.478 e. The Balaban J connectivity index is 1.99. The molecule has 1 aromatic rings. The van der Waals surface area contributed by atoms with Crippen molar-refractivity contribution in [3.63, 3.8) is 0 Å². The van der Waals surface area contributed by atoms with Crippen LogP contribution in [0.2, 0.25) is 0 Å². The monoisotopic (exact) mass is 279 g/mol. The van der Waals surface area contributed by atoms with Crippen LogP contribution in [0.3, 0.4) is 0 Å². The molecule has 2 heterocycles. The third-order valence-electron chi connectivity index (χ3n) is 3.38. The summed E-state index contributed by atoms with van der Waals surface area (Å²) in [5.74, 6) is -0.480. The van der Waals surface area contributed by atoms with Crippen LogP contribution in [0.15, 0.2) is 6.07 Å². The quantitative estimate of drug-likeness (QED) is 0.842. The Bertz CT molecular complexity index is 485. The van der Waals surface area contributed by atoms with Gasteiger partial charge in [-0.25, -0.2) is 9.78 Å². The van der Waals surface area contributed by atoms with Crippen LogP contribution in [0.25, 0.3) is 0 Å². The van der Waals surface area contributed by atoms with E-state index in [1.807, 2.05) is 6.92 Å². The van der Waals surface area contributed by atoms with Gasteiger partial charge in [0.2, 0.25) is 0 Å². The number of aryl methyl sites for hydroxylation is 2. The van der Waals surface area contributed by atoms with Gasteiger partial charge in [0.1, 0.15) is 11.4 Å². The summed E-state index contributed by atoms with van der Waals surface area (Å²) in [6.07, 6.45) is 0. The minimum Gasteiger partial charge on any atom is -0.478 e. The van der Waals surface area contributed by atoms with Crippen molar-refractivity contribution in [3.8, 4) is 0 Å². The number of aromatic carboxylic acids is 1. The number of nitrogens with zero attached hydrogens (tertiary/aromatic N) is 2. The lowest BCUT2D eigenvalue weighted by Gasteiger charge is -2.26. The van der Waals surface area contributed by atoms with E-state index < -0.39 is 5.97 Å². The number of aromatic nitrogens is 1. The molecular formula is C14H21N3O3. The lowest BCUT2D eigenvalue weighted by atomic mass is 10.1. The molecule has 0 bridgehead atoms. The Hall–Kier alpha value is -1.66. The fraction of sp³-hybridized carbons (Fsp3) is 0.571. The van der Waals surface area contributed by atoms with Crippen molar-refractivity contribution in [2.24, 2.45) is 0 Å². The van der Waals surface area contributed by atoms with Crippen molar-refractivity contribution in [1.29, 1.82) is 0 Å². The number of hydrogen-bond acceptors (Lipinski definition) is 5. The van der Waals surface area contributed by atoms with E-state index >= 15 is 0 Å². The number of carboxylic acids is 1. The second kappa shape index (κ2) is 6.67. The summed E-state index contributed by atoms with van der Waals surface area (Å²) in [6, 6.07) is 1.79. The molecule has 1 aliphatic rings. The predicted molar refractivity (Wildman–Crippen MR) is 76.4 cm³/mol. The highest BCUT2D eigenvalue weighted by Crippen LogP contribution is 2.18. The molecule has 0 aliphatic carbocycles. The molecule has 0 aromatic carbocycles. The van der Waals surface area contributed by atoms with Crippen LogP contribution in [-0.2, 0) is 4.74 Å². The van der Waals surface area contributed by atoms with Crippen LogP contribution in [0.1, 0.15) is 21.6 Å². The molecule has 6 heteroatoms. The Labute approximate surface area is 118 Å². The molecule has 6 nitrogen and oxygen atoms in total. The average Bonchev–Trinajstić information content (AvgIpc) is 2.38. The van der Waals surface area contributed by atoms with Gasteiger partial charge in [0.15, 0.2) is 0 Å². The number of nitrogens with one attached hydrogen (secondary N) is 1. The van der Waals surface area contributed by atoms with Crippen LogP contribution in [0.5, 0.6) is 0 Å². The van der Waals surface area contributed by atoms with Crippen LogP contribution < -0.4 is 5.32 Å². The van der Waals surface area contributed by atoms with Crippen LogP contribution in [0, 0.1) is 13.8 Å². The summed E-state index contributed by atoms with van der Waals surface area (Å²) in [5, 5.41) is 12.4. The summed E-state index contributed by atoms with van der Waals surface area (Å²) >= 11 is 0. The Morgan fingerprint density at radius 3 is 2.80 bits per heavy atom. The molecule has 1 saturated heterocycles. The normalized spacial score (nSPS) is 16.1. The SMILES string of the molecule is Cc1cc(C)c(C(=O)O)c(NCCN2CCOCC2)n1. The second-order valence-electron chi connectivity index (χ2n) is 4.99. The first kappa shape index (κ1) is 14.7. The molecule has 0 spiro atoms. The molecule has 1 aromatic heterocycles. The van der Waals surface area contributed by atoms with E-state index in [1.165, 1.54) is 0 Å². The van der Waals surface area contributed by atoms with E-state index in [0.29, 0.717) is 12.4 Å². The smallest absolute Gasteiger partial charge is 0.339 e. The molecule has 0 unspecified atom stereocenters. The number of carbonyl (C=O) groups is 1. The first-order valence-corrected chi connectivity index (χ1v) is 6.83. The Morgan fingerprint density at radius 1 is 1.45 bits per heavy atom. The first-order valence-electron chi connectivity index (χ1n) is 6.83. The topological polar surface area (TPSA) is 74.7 Å². The summed E-state index contributed by atoms with van der Waals surface area (Å²) in [5.41, 5.74) is 1.82. The summed E-state index contributed by atoms with van der Waals surface area (Å²) in [7, 11) is 0. The number of anilines is 1. The Kier molecular flexibility index (Phi) is 4.92. The van der Waals surface area contributed by atoms with Crippen LogP contribution >= 0.6 is 0 Å².